The normalized spacial score (nSPS) is 10.2. The van der Waals surface area contributed by atoms with Gasteiger partial charge < -0.3 is 15.4 Å². The van der Waals surface area contributed by atoms with Crippen molar-refractivity contribution in [3.63, 3.8) is 0 Å². The van der Waals surface area contributed by atoms with Crippen molar-refractivity contribution in [2.75, 3.05) is 24.8 Å². The fourth-order valence-corrected chi connectivity index (χ4v) is 2.16. The SMILES string of the molecule is COc1ccc(N(C)C(=O)c2ccc(N)c(Br)c2)cc1. The minimum atomic E-state index is -0.101. The number of rotatable bonds is 3. The highest BCUT2D eigenvalue weighted by atomic mass is 79.9. The zero-order valence-corrected chi connectivity index (χ0v) is 12.8. The van der Waals surface area contributed by atoms with E-state index >= 15 is 0 Å². The number of carbonyl (C=O) groups excluding carboxylic acids is 1. The molecular formula is C15H15BrN2O2. The highest BCUT2D eigenvalue weighted by Crippen LogP contribution is 2.23. The third-order valence-electron chi connectivity index (χ3n) is 3.01. The molecule has 0 heterocycles. The first kappa shape index (κ1) is 14.4. The lowest BCUT2D eigenvalue weighted by molar-refractivity contribution is 0.0993. The number of methoxy groups -OCH3 is 1. The van der Waals surface area contributed by atoms with E-state index in [-0.39, 0.29) is 5.91 Å². The minimum absolute atomic E-state index is 0.101. The number of hydrogen-bond acceptors (Lipinski definition) is 3. The van der Waals surface area contributed by atoms with Crippen LogP contribution in [0.3, 0.4) is 0 Å². The molecule has 2 rings (SSSR count). The lowest BCUT2D eigenvalue weighted by Gasteiger charge is -2.18. The summed E-state index contributed by atoms with van der Waals surface area (Å²) in [6.07, 6.45) is 0. The van der Waals surface area contributed by atoms with Crippen molar-refractivity contribution in [1.82, 2.24) is 0 Å². The van der Waals surface area contributed by atoms with Crippen molar-refractivity contribution < 1.29 is 9.53 Å². The van der Waals surface area contributed by atoms with Crippen LogP contribution in [-0.2, 0) is 0 Å². The van der Waals surface area contributed by atoms with E-state index in [1.165, 1.54) is 0 Å². The van der Waals surface area contributed by atoms with Gasteiger partial charge in [0.15, 0.2) is 0 Å². The molecule has 2 aromatic carbocycles. The summed E-state index contributed by atoms with van der Waals surface area (Å²) >= 11 is 3.33. The molecule has 2 N–H and O–H groups in total. The molecule has 4 nitrogen and oxygen atoms in total. The Balaban J connectivity index is 2.24. The summed E-state index contributed by atoms with van der Waals surface area (Å²) in [6.45, 7) is 0. The summed E-state index contributed by atoms with van der Waals surface area (Å²) in [5, 5.41) is 0. The monoisotopic (exact) mass is 334 g/mol. The Morgan fingerprint density at radius 1 is 1.20 bits per heavy atom. The van der Waals surface area contributed by atoms with Gasteiger partial charge in [-0.25, -0.2) is 0 Å². The van der Waals surface area contributed by atoms with Crippen LogP contribution in [0.1, 0.15) is 10.4 Å². The molecule has 0 unspecified atom stereocenters. The molecule has 0 aromatic heterocycles. The van der Waals surface area contributed by atoms with Gasteiger partial charge in [0.05, 0.1) is 7.11 Å². The summed E-state index contributed by atoms with van der Waals surface area (Å²) in [7, 11) is 3.34. The standard InChI is InChI=1S/C15H15BrN2O2/c1-18(11-4-6-12(20-2)7-5-11)15(19)10-3-8-14(17)13(16)9-10/h3-9H,17H2,1-2H3. The van der Waals surface area contributed by atoms with Gasteiger partial charge >= 0.3 is 0 Å². The van der Waals surface area contributed by atoms with Crippen LogP contribution < -0.4 is 15.4 Å². The van der Waals surface area contributed by atoms with E-state index in [0.717, 1.165) is 11.4 Å². The van der Waals surface area contributed by atoms with Crippen molar-refractivity contribution in [3.05, 3.63) is 52.5 Å². The molecule has 0 saturated heterocycles. The molecule has 0 spiro atoms. The number of benzene rings is 2. The second-order valence-corrected chi connectivity index (χ2v) is 5.15. The molecule has 0 saturated carbocycles. The Labute approximate surface area is 126 Å². The third kappa shape index (κ3) is 2.93. The highest BCUT2D eigenvalue weighted by molar-refractivity contribution is 9.10. The van der Waals surface area contributed by atoms with Crippen molar-refractivity contribution in [2.24, 2.45) is 0 Å². The Bertz CT molecular complexity index is 626. The van der Waals surface area contributed by atoms with Crippen LogP contribution in [0.2, 0.25) is 0 Å². The van der Waals surface area contributed by atoms with Crippen LogP contribution in [0.4, 0.5) is 11.4 Å². The molecule has 0 fully saturated rings. The molecule has 0 bridgehead atoms. The van der Waals surface area contributed by atoms with Crippen molar-refractivity contribution in [1.29, 1.82) is 0 Å². The van der Waals surface area contributed by atoms with Gasteiger partial charge in [0.2, 0.25) is 0 Å². The minimum Gasteiger partial charge on any atom is -0.497 e. The fraction of sp³-hybridized carbons (Fsp3) is 0.133. The maximum atomic E-state index is 12.4. The van der Waals surface area contributed by atoms with Gasteiger partial charge in [-0.15, -0.1) is 0 Å². The number of nitrogens with two attached hydrogens (primary N) is 1. The Kier molecular flexibility index (Phi) is 4.29. The summed E-state index contributed by atoms with van der Waals surface area (Å²) in [5.74, 6) is 0.653. The van der Waals surface area contributed by atoms with Crippen molar-refractivity contribution in [3.8, 4) is 5.75 Å². The van der Waals surface area contributed by atoms with E-state index in [0.29, 0.717) is 15.7 Å². The smallest absolute Gasteiger partial charge is 0.258 e. The molecule has 0 aliphatic heterocycles. The number of amides is 1. The number of nitrogen functional groups attached to an aromatic ring is 1. The second kappa shape index (κ2) is 5.96. The van der Waals surface area contributed by atoms with Gasteiger partial charge in [-0.05, 0) is 58.4 Å². The van der Waals surface area contributed by atoms with E-state index in [2.05, 4.69) is 15.9 Å². The number of halogens is 1. The van der Waals surface area contributed by atoms with Gasteiger partial charge in [0, 0.05) is 28.5 Å². The molecule has 0 radical (unpaired) electrons. The number of nitrogens with zero attached hydrogens (tertiary/aromatic N) is 1. The number of anilines is 2. The molecule has 1 amide bonds. The van der Waals surface area contributed by atoms with Gasteiger partial charge in [-0.1, -0.05) is 0 Å². The zero-order chi connectivity index (χ0) is 14.7. The molecule has 0 aliphatic rings. The molecule has 104 valence electrons. The van der Waals surface area contributed by atoms with E-state index in [1.54, 1.807) is 37.3 Å². The Morgan fingerprint density at radius 3 is 2.40 bits per heavy atom. The number of hydrogen-bond donors (Lipinski definition) is 1. The maximum absolute atomic E-state index is 12.4. The summed E-state index contributed by atoms with van der Waals surface area (Å²) in [4.78, 5) is 14.0. The predicted molar refractivity (Wildman–Crippen MR) is 84.3 cm³/mol. The van der Waals surface area contributed by atoms with E-state index < -0.39 is 0 Å². The Hall–Kier alpha value is -2.01. The van der Waals surface area contributed by atoms with Crippen LogP contribution in [0.15, 0.2) is 46.9 Å². The summed E-state index contributed by atoms with van der Waals surface area (Å²) in [6, 6.07) is 12.4. The molecule has 0 atom stereocenters. The van der Waals surface area contributed by atoms with E-state index in [4.69, 9.17) is 10.5 Å². The average molecular weight is 335 g/mol. The first-order valence-corrected chi connectivity index (χ1v) is 6.79. The van der Waals surface area contributed by atoms with E-state index in [1.807, 2.05) is 24.3 Å². The second-order valence-electron chi connectivity index (χ2n) is 4.30. The first-order chi connectivity index (χ1) is 9.52. The summed E-state index contributed by atoms with van der Waals surface area (Å²) < 4.78 is 5.81. The molecule has 5 heteroatoms. The van der Waals surface area contributed by atoms with Gasteiger partial charge in [0.1, 0.15) is 5.75 Å². The number of ether oxygens (including phenoxy) is 1. The molecule has 2 aromatic rings. The van der Waals surface area contributed by atoms with Gasteiger partial charge in [-0.3, -0.25) is 4.79 Å². The molecular weight excluding hydrogens is 320 g/mol. The topological polar surface area (TPSA) is 55.6 Å². The van der Waals surface area contributed by atoms with Crippen LogP contribution >= 0.6 is 15.9 Å². The van der Waals surface area contributed by atoms with Crippen molar-refractivity contribution >= 4 is 33.2 Å². The maximum Gasteiger partial charge on any atom is 0.258 e. The Morgan fingerprint density at radius 2 is 1.85 bits per heavy atom. The summed E-state index contributed by atoms with van der Waals surface area (Å²) in [5.41, 5.74) is 7.70. The van der Waals surface area contributed by atoms with Crippen LogP contribution in [0.5, 0.6) is 5.75 Å². The van der Waals surface area contributed by atoms with Crippen LogP contribution in [0.25, 0.3) is 0 Å². The first-order valence-electron chi connectivity index (χ1n) is 6.00. The lowest BCUT2D eigenvalue weighted by atomic mass is 10.1. The number of carbonyl (C=O) groups is 1. The third-order valence-corrected chi connectivity index (χ3v) is 3.70. The average Bonchev–Trinajstić information content (AvgIpc) is 2.48. The molecule has 20 heavy (non-hydrogen) atoms. The quantitative estimate of drug-likeness (QED) is 0.876. The lowest BCUT2D eigenvalue weighted by Crippen LogP contribution is -2.26. The van der Waals surface area contributed by atoms with Crippen LogP contribution in [0, 0.1) is 0 Å². The van der Waals surface area contributed by atoms with Gasteiger partial charge in [-0.2, -0.15) is 0 Å². The highest BCUT2D eigenvalue weighted by Gasteiger charge is 2.14. The van der Waals surface area contributed by atoms with Gasteiger partial charge in [0.25, 0.3) is 5.91 Å². The predicted octanol–water partition coefficient (Wildman–Crippen LogP) is 3.32. The largest absolute Gasteiger partial charge is 0.497 e. The fourth-order valence-electron chi connectivity index (χ4n) is 1.78. The van der Waals surface area contributed by atoms with E-state index in [9.17, 15) is 4.79 Å². The van der Waals surface area contributed by atoms with Crippen LogP contribution in [-0.4, -0.2) is 20.1 Å². The van der Waals surface area contributed by atoms with Crippen molar-refractivity contribution in [2.45, 2.75) is 0 Å². The molecule has 0 aliphatic carbocycles. The zero-order valence-electron chi connectivity index (χ0n) is 11.3.